The first-order valence-corrected chi connectivity index (χ1v) is 8.14. The molecule has 0 fully saturated rings. The molecular weight excluding hydrogens is 335 g/mol. The summed E-state index contributed by atoms with van der Waals surface area (Å²) in [6, 6.07) is 11.7. The summed E-state index contributed by atoms with van der Waals surface area (Å²) >= 11 is 0.698. The van der Waals surface area contributed by atoms with Crippen LogP contribution < -0.4 is 5.32 Å². The van der Waals surface area contributed by atoms with Crippen molar-refractivity contribution in [1.82, 2.24) is 9.97 Å². The summed E-state index contributed by atoms with van der Waals surface area (Å²) in [6.45, 7) is 2.54. The topological polar surface area (TPSA) is 37.8 Å². The number of hydrogen-bond acceptors (Lipinski definition) is 4. The number of thiophene rings is 1. The molecule has 124 valence electrons. The summed E-state index contributed by atoms with van der Waals surface area (Å²) in [7, 11) is 0. The van der Waals surface area contributed by atoms with E-state index >= 15 is 0 Å². The van der Waals surface area contributed by atoms with Crippen LogP contribution in [0.3, 0.4) is 0 Å². The molecule has 0 amide bonds. The smallest absolute Gasteiger partial charge is 0.354 e. The van der Waals surface area contributed by atoms with Crippen LogP contribution >= 0.6 is 11.3 Å². The van der Waals surface area contributed by atoms with Gasteiger partial charge in [0.25, 0.3) is 0 Å². The van der Waals surface area contributed by atoms with Crippen molar-refractivity contribution in [3.63, 3.8) is 0 Å². The highest BCUT2D eigenvalue weighted by atomic mass is 32.1. The van der Waals surface area contributed by atoms with Crippen molar-refractivity contribution in [3.8, 4) is 21.7 Å². The van der Waals surface area contributed by atoms with Crippen molar-refractivity contribution in [1.29, 1.82) is 0 Å². The third kappa shape index (κ3) is 3.41. The van der Waals surface area contributed by atoms with E-state index in [4.69, 9.17) is 0 Å². The lowest BCUT2D eigenvalue weighted by Gasteiger charge is -2.07. The maximum absolute atomic E-state index is 13.4. The SMILES string of the molecule is CCNc1nccc(-c2cc(-c3ccccc3)c(C(F)(F)F)s2)n1. The van der Waals surface area contributed by atoms with E-state index in [0.717, 1.165) is 0 Å². The molecule has 0 spiro atoms. The third-order valence-electron chi connectivity index (χ3n) is 3.32. The van der Waals surface area contributed by atoms with Crippen molar-refractivity contribution in [3.05, 3.63) is 53.5 Å². The van der Waals surface area contributed by atoms with E-state index in [1.165, 1.54) is 6.20 Å². The minimum atomic E-state index is -4.41. The van der Waals surface area contributed by atoms with Gasteiger partial charge in [0.1, 0.15) is 4.88 Å². The Labute approximate surface area is 141 Å². The number of nitrogens with one attached hydrogen (secondary N) is 1. The molecular formula is C17H14F3N3S. The maximum atomic E-state index is 13.4. The maximum Gasteiger partial charge on any atom is 0.426 e. The summed E-state index contributed by atoms with van der Waals surface area (Å²) in [5, 5.41) is 2.96. The van der Waals surface area contributed by atoms with Crippen LogP contribution in [-0.4, -0.2) is 16.5 Å². The molecule has 3 aromatic rings. The van der Waals surface area contributed by atoms with E-state index in [0.29, 0.717) is 40.0 Å². The van der Waals surface area contributed by atoms with Crippen LogP contribution in [-0.2, 0) is 6.18 Å². The molecule has 0 saturated carbocycles. The van der Waals surface area contributed by atoms with Crippen molar-refractivity contribution >= 4 is 17.3 Å². The van der Waals surface area contributed by atoms with Gasteiger partial charge in [-0.05, 0) is 24.6 Å². The number of anilines is 1. The van der Waals surface area contributed by atoms with Crippen LogP contribution in [0.1, 0.15) is 11.8 Å². The fraction of sp³-hybridized carbons (Fsp3) is 0.176. The van der Waals surface area contributed by atoms with E-state index in [2.05, 4.69) is 15.3 Å². The number of hydrogen-bond donors (Lipinski definition) is 1. The summed E-state index contributed by atoms with van der Waals surface area (Å²) in [6.07, 6.45) is -2.87. The second-order valence-corrected chi connectivity index (χ2v) is 6.07. The van der Waals surface area contributed by atoms with Gasteiger partial charge in [-0.2, -0.15) is 13.2 Å². The zero-order chi connectivity index (χ0) is 17.2. The molecule has 0 unspecified atom stereocenters. The highest BCUT2D eigenvalue weighted by molar-refractivity contribution is 7.16. The van der Waals surface area contributed by atoms with E-state index in [1.54, 1.807) is 42.5 Å². The average Bonchev–Trinajstić information content (AvgIpc) is 3.02. The summed E-state index contributed by atoms with van der Waals surface area (Å²) in [5.74, 6) is 0.401. The predicted octanol–water partition coefficient (Wildman–Crippen LogP) is 5.32. The van der Waals surface area contributed by atoms with Gasteiger partial charge in [-0.1, -0.05) is 30.3 Å². The molecule has 7 heteroatoms. The monoisotopic (exact) mass is 349 g/mol. The number of halogens is 3. The molecule has 3 nitrogen and oxygen atoms in total. The summed E-state index contributed by atoms with van der Waals surface area (Å²) < 4.78 is 40.3. The molecule has 3 rings (SSSR count). The van der Waals surface area contributed by atoms with Crippen molar-refractivity contribution in [2.45, 2.75) is 13.1 Å². The van der Waals surface area contributed by atoms with Gasteiger partial charge in [0.2, 0.25) is 5.95 Å². The Kier molecular flexibility index (Phi) is 4.53. The summed E-state index contributed by atoms with van der Waals surface area (Å²) in [5.41, 5.74) is 1.18. The molecule has 0 radical (unpaired) electrons. The Bertz CT molecular complexity index is 829. The molecule has 0 aliphatic carbocycles. The molecule has 1 N–H and O–H groups in total. The second-order valence-electron chi connectivity index (χ2n) is 5.01. The third-order valence-corrected chi connectivity index (χ3v) is 4.52. The van der Waals surface area contributed by atoms with E-state index in [-0.39, 0.29) is 5.56 Å². The lowest BCUT2D eigenvalue weighted by Crippen LogP contribution is -2.03. The van der Waals surface area contributed by atoms with Crippen LogP contribution in [0.5, 0.6) is 0 Å². The fourth-order valence-corrected chi connectivity index (χ4v) is 3.32. The van der Waals surface area contributed by atoms with E-state index < -0.39 is 11.1 Å². The number of aromatic nitrogens is 2. The van der Waals surface area contributed by atoms with Crippen molar-refractivity contribution in [2.75, 3.05) is 11.9 Å². The van der Waals surface area contributed by atoms with E-state index in [1.807, 2.05) is 6.92 Å². The zero-order valence-electron chi connectivity index (χ0n) is 12.8. The van der Waals surface area contributed by atoms with E-state index in [9.17, 15) is 13.2 Å². The Balaban J connectivity index is 2.11. The molecule has 0 aliphatic heterocycles. The predicted molar refractivity (Wildman–Crippen MR) is 89.9 cm³/mol. The Morgan fingerprint density at radius 2 is 1.88 bits per heavy atom. The first-order valence-electron chi connectivity index (χ1n) is 7.32. The summed E-state index contributed by atoms with van der Waals surface area (Å²) in [4.78, 5) is 8.18. The van der Waals surface area contributed by atoms with Gasteiger partial charge in [-0.25, -0.2) is 9.97 Å². The Hall–Kier alpha value is -2.41. The lowest BCUT2D eigenvalue weighted by atomic mass is 10.1. The normalized spacial score (nSPS) is 11.5. The van der Waals surface area contributed by atoms with Crippen LogP contribution in [0.2, 0.25) is 0 Å². The largest absolute Gasteiger partial charge is 0.426 e. The first kappa shape index (κ1) is 16.4. The number of rotatable bonds is 4. The molecule has 24 heavy (non-hydrogen) atoms. The number of alkyl halides is 3. The lowest BCUT2D eigenvalue weighted by molar-refractivity contribution is -0.133. The molecule has 0 saturated heterocycles. The van der Waals surface area contributed by atoms with Gasteiger partial charge >= 0.3 is 6.18 Å². The number of nitrogens with zero attached hydrogens (tertiary/aromatic N) is 2. The van der Waals surface area contributed by atoms with Gasteiger partial charge in [0.05, 0.1) is 10.6 Å². The quantitative estimate of drug-likeness (QED) is 0.692. The van der Waals surface area contributed by atoms with Crippen LogP contribution in [0.15, 0.2) is 48.7 Å². The van der Waals surface area contributed by atoms with Crippen LogP contribution in [0.4, 0.5) is 19.1 Å². The van der Waals surface area contributed by atoms with Gasteiger partial charge in [0.15, 0.2) is 0 Å². The molecule has 2 aromatic heterocycles. The van der Waals surface area contributed by atoms with Gasteiger partial charge < -0.3 is 5.32 Å². The fourth-order valence-electron chi connectivity index (χ4n) is 2.30. The first-order chi connectivity index (χ1) is 11.5. The zero-order valence-corrected chi connectivity index (χ0v) is 13.6. The minimum absolute atomic E-state index is 0.173. The molecule has 0 bridgehead atoms. The van der Waals surface area contributed by atoms with Crippen LogP contribution in [0, 0.1) is 0 Å². The van der Waals surface area contributed by atoms with Gasteiger partial charge in [-0.3, -0.25) is 0 Å². The van der Waals surface area contributed by atoms with Crippen LogP contribution in [0.25, 0.3) is 21.7 Å². The molecule has 1 aromatic carbocycles. The van der Waals surface area contributed by atoms with Gasteiger partial charge in [-0.15, -0.1) is 11.3 Å². The van der Waals surface area contributed by atoms with Gasteiger partial charge in [0, 0.05) is 18.3 Å². The standard InChI is InChI=1S/C17H14F3N3S/c1-2-21-16-22-9-8-13(23-16)14-10-12(11-6-4-3-5-7-11)15(24-14)17(18,19)20/h3-10H,2H2,1H3,(H,21,22,23). The average molecular weight is 349 g/mol. The Morgan fingerprint density at radius 1 is 1.12 bits per heavy atom. The Morgan fingerprint density at radius 3 is 2.54 bits per heavy atom. The van der Waals surface area contributed by atoms with Crippen molar-refractivity contribution in [2.24, 2.45) is 0 Å². The highest BCUT2D eigenvalue weighted by Crippen LogP contribution is 2.45. The molecule has 0 aliphatic rings. The minimum Gasteiger partial charge on any atom is -0.354 e. The molecule has 0 atom stereocenters. The number of benzene rings is 1. The second kappa shape index (κ2) is 6.60. The highest BCUT2D eigenvalue weighted by Gasteiger charge is 2.36. The van der Waals surface area contributed by atoms with Crippen molar-refractivity contribution < 1.29 is 13.2 Å². The molecule has 2 heterocycles.